The maximum Gasteiger partial charge on any atom is 0.241 e. The van der Waals surface area contributed by atoms with Gasteiger partial charge in [-0.25, -0.2) is 0 Å². The Bertz CT molecular complexity index is 517. The van der Waals surface area contributed by atoms with Crippen molar-refractivity contribution in [3.8, 4) is 0 Å². The third kappa shape index (κ3) is 3.11. The summed E-state index contributed by atoms with van der Waals surface area (Å²) in [6.07, 6.45) is 2.66. The minimum atomic E-state index is -0.216. The van der Waals surface area contributed by atoms with E-state index in [1.807, 2.05) is 17.0 Å². The molecule has 2 aliphatic heterocycles. The van der Waals surface area contributed by atoms with Gasteiger partial charge in [-0.3, -0.25) is 9.69 Å². The first-order chi connectivity index (χ1) is 10.1. The van der Waals surface area contributed by atoms with E-state index in [4.69, 9.17) is 0 Å². The molecule has 2 atom stereocenters. The van der Waals surface area contributed by atoms with E-state index in [1.54, 1.807) is 0 Å². The molecular weight excluding hydrogens is 264 g/mol. The first kappa shape index (κ1) is 14.5. The van der Waals surface area contributed by atoms with Gasteiger partial charge in [0.05, 0.1) is 12.6 Å². The number of aryl methyl sites for hydroxylation is 1. The van der Waals surface area contributed by atoms with E-state index in [1.165, 1.54) is 5.56 Å². The zero-order valence-electron chi connectivity index (χ0n) is 12.7. The zero-order valence-corrected chi connectivity index (χ0v) is 12.7. The van der Waals surface area contributed by atoms with Gasteiger partial charge in [0, 0.05) is 25.3 Å². The van der Waals surface area contributed by atoms with Crippen molar-refractivity contribution in [2.75, 3.05) is 31.1 Å². The van der Waals surface area contributed by atoms with Crippen molar-refractivity contribution in [3.63, 3.8) is 0 Å². The van der Waals surface area contributed by atoms with Crippen LogP contribution in [0, 0.1) is 5.92 Å². The standard InChI is InChI=1S/C17H24N2O2/c1-13-11-18(10-8-16(13)20)12-17(21)19-9-4-6-14-5-2-3-7-15(14)19/h2-3,5,7,13,16,20H,4,6,8-12H2,1H3. The highest BCUT2D eigenvalue weighted by Crippen LogP contribution is 2.27. The van der Waals surface area contributed by atoms with E-state index in [-0.39, 0.29) is 17.9 Å². The van der Waals surface area contributed by atoms with Crippen LogP contribution in [0.3, 0.4) is 0 Å². The number of fused-ring (bicyclic) bond motifs is 1. The van der Waals surface area contributed by atoms with Crippen LogP contribution < -0.4 is 4.90 Å². The van der Waals surface area contributed by atoms with Crippen LogP contribution in [0.25, 0.3) is 0 Å². The highest BCUT2D eigenvalue weighted by molar-refractivity contribution is 5.95. The Balaban J connectivity index is 1.67. The van der Waals surface area contributed by atoms with Crippen LogP contribution in [0.1, 0.15) is 25.3 Å². The SMILES string of the molecule is CC1CN(CC(=O)N2CCCc3ccccc32)CCC1O. The van der Waals surface area contributed by atoms with Crippen molar-refractivity contribution < 1.29 is 9.90 Å². The van der Waals surface area contributed by atoms with Crippen LogP contribution in [0.5, 0.6) is 0 Å². The number of benzene rings is 1. The zero-order chi connectivity index (χ0) is 14.8. The first-order valence-corrected chi connectivity index (χ1v) is 7.94. The molecule has 2 unspecified atom stereocenters. The third-order valence-corrected chi connectivity index (χ3v) is 4.71. The van der Waals surface area contributed by atoms with Gasteiger partial charge in [0.25, 0.3) is 0 Å². The number of carbonyl (C=O) groups excluding carboxylic acids is 1. The van der Waals surface area contributed by atoms with E-state index in [0.29, 0.717) is 6.54 Å². The maximum absolute atomic E-state index is 12.6. The number of rotatable bonds is 2. The van der Waals surface area contributed by atoms with Gasteiger partial charge in [0.1, 0.15) is 0 Å². The van der Waals surface area contributed by atoms with Gasteiger partial charge in [-0.05, 0) is 36.8 Å². The molecule has 2 heterocycles. The average Bonchev–Trinajstić information content (AvgIpc) is 2.50. The van der Waals surface area contributed by atoms with E-state index < -0.39 is 0 Å². The number of hydrogen-bond acceptors (Lipinski definition) is 3. The lowest BCUT2D eigenvalue weighted by Crippen LogP contribution is -2.48. The molecule has 0 bridgehead atoms. The number of piperidine rings is 1. The van der Waals surface area contributed by atoms with E-state index in [2.05, 4.69) is 24.0 Å². The first-order valence-electron chi connectivity index (χ1n) is 7.94. The van der Waals surface area contributed by atoms with Gasteiger partial charge >= 0.3 is 0 Å². The molecule has 1 aromatic rings. The molecule has 1 fully saturated rings. The van der Waals surface area contributed by atoms with Crippen molar-refractivity contribution in [2.45, 2.75) is 32.3 Å². The summed E-state index contributed by atoms with van der Waals surface area (Å²) in [5, 5.41) is 9.79. The highest BCUT2D eigenvalue weighted by Gasteiger charge is 2.28. The minimum absolute atomic E-state index is 0.186. The van der Waals surface area contributed by atoms with Crippen LogP contribution in [0.4, 0.5) is 5.69 Å². The summed E-state index contributed by atoms with van der Waals surface area (Å²) in [7, 11) is 0. The van der Waals surface area contributed by atoms with E-state index in [9.17, 15) is 9.90 Å². The second-order valence-electron chi connectivity index (χ2n) is 6.35. The summed E-state index contributed by atoms with van der Waals surface area (Å²) >= 11 is 0. The van der Waals surface area contributed by atoms with E-state index in [0.717, 1.165) is 44.6 Å². The smallest absolute Gasteiger partial charge is 0.241 e. The summed E-state index contributed by atoms with van der Waals surface area (Å²) in [6, 6.07) is 8.22. The highest BCUT2D eigenvalue weighted by atomic mass is 16.3. The largest absolute Gasteiger partial charge is 0.393 e. The molecule has 1 amide bonds. The molecule has 0 spiro atoms. The van der Waals surface area contributed by atoms with Gasteiger partial charge in [0.15, 0.2) is 0 Å². The topological polar surface area (TPSA) is 43.8 Å². The van der Waals surface area contributed by atoms with Crippen LogP contribution in [0.2, 0.25) is 0 Å². The van der Waals surface area contributed by atoms with Gasteiger partial charge < -0.3 is 10.0 Å². The summed E-state index contributed by atoms with van der Waals surface area (Å²) in [5.41, 5.74) is 2.36. The Hall–Kier alpha value is -1.39. The molecule has 4 nitrogen and oxygen atoms in total. The number of anilines is 1. The van der Waals surface area contributed by atoms with Gasteiger partial charge in [-0.15, -0.1) is 0 Å². The minimum Gasteiger partial charge on any atom is -0.393 e. The van der Waals surface area contributed by atoms with E-state index >= 15 is 0 Å². The van der Waals surface area contributed by atoms with Gasteiger partial charge in [-0.1, -0.05) is 25.1 Å². The average molecular weight is 288 g/mol. The predicted octanol–water partition coefficient (Wildman–Crippen LogP) is 1.67. The van der Waals surface area contributed by atoms with Crippen molar-refractivity contribution in [2.24, 2.45) is 5.92 Å². The monoisotopic (exact) mass is 288 g/mol. The maximum atomic E-state index is 12.6. The quantitative estimate of drug-likeness (QED) is 0.900. The number of para-hydroxylation sites is 1. The Labute approximate surface area is 126 Å². The number of nitrogens with zero attached hydrogens (tertiary/aromatic N) is 2. The van der Waals surface area contributed by atoms with Gasteiger partial charge in [0.2, 0.25) is 5.91 Å². The van der Waals surface area contributed by atoms with Crippen molar-refractivity contribution in [1.29, 1.82) is 0 Å². The summed E-state index contributed by atoms with van der Waals surface area (Å²) in [6.45, 7) is 4.96. The van der Waals surface area contributed by atoms with Crippen LogP contribution in [0.15, 0.2) is 24.3 Å². The number of carbonyl (C=O) groups is 1. The second kappa shape index (κ2) is 6.16. The molecule has 114 valence electrons. The van der Waals surface area contributed by atoms with Gasteiger partial charge in [-0.2, -0.15) is 0 Å². The molecule has 2 aliphatic rings. The Morgan fingerprint density at radius 1 is 1.33 bits per heavy atom. The molecule has 0 saturated carbocycles. The fraction of sp³-hybridized carbons (Fsp3) is 0.588. The molecule has 1 N–H and O–H groups in total. The number of likely N-dealkylation sites (tertiary alicyclic amines) is 1. The molecule has 1 aromatic carbocycles. The van der Waals surface area contributed by atoms with Crippen LogP contribution in [-0.4, -0.2) is 48.2 Å². The van der Waals surface area contributed by atoms with Crippen molar-refractivity contribution in [3.05, 3.63) is 29.8 Å². The molecule has 0 aliphatic carbocycles. The molecule has 3 rings (SSSR count). The normalized spacial score (nSPS) is 26.5. The van der Waals surface area contributed by atoms with Crippen LogP contribution >= 0.6 is 0 Å². The number of aliphatic hydroxyl groups is 1. The molecule has 0 aromatic heterocycles. The van der Waals surface area contributed by atoms with Crippen LogP contribution in [-0.2, 0) is 11.2 Å². The summed E-state index contributed by atoms with van der Waals surface area (Å²) in [5.74, 6) is 0.436. The lowest BCUT2D eigenvalue weighted by molar-refractivity contribution is -0.120. The van der Waals surface area contributed by atoms with Crippen molar-refractivity contribution in [1.82, 2.24) is 4.90 Å². The summed E-state index contributed by atoms with van der Waals surface area (Å²) < 4.78 is 0. The Morgan fingerprint density at radius 2 is 2.14 bits per heavy atom. The van der Waals surface area contributed by atoms with Crippen molar-refractivity contribution >= 4 is 11.6 Å². The molecule has 1 saturated heterocycles. The Morgan fingerprint density at radius 3 is 2.95 bits per heavy atom. The predicted molar refractivity (Wildman–Crippen MR) is 83.3 cm³/mol. The lowest BCUT2D eigenvalue weighted by Gasteiger charge is -2.36. The lowest BCUT2D eigenvalue weighted by atomic mass is 9.96. The second-order valence-corrected chi connectivity index (χ2v) is 6.35. The molecular formula is C17H24N2O2. The molecule has 4 heteroatoms. The molecule has 0 radical (unpaired) electrons. The Kier molecular flexibility index (Phi) is 4.27. The fourth-order valence-corrected chi connectivity index (χ4v) is 3.43. The number of aliphatic hydroxyl groups excluding tert-OH is 1. The summed E-state index contributed by atoms with van der Waals surface area (Å²) in [4.78, 5) is 16.8. The number of hydrogen-bond donors (Lipinski definition) is 1. The fourth-order valence-electron chi connectivity index (χ4n) is 3.43. The molecule has 21 heavy (non-hydrogen) atoms. The number of amides is 1. The third-order valence-electron chi connectivity index (χ3n) is 4.71.